The lowest BCUT2D eigenvalue weighted by Crippen LogP contribution is -2.41. The predicted molar refractivity (Wildman–Crippen MR) is 105 cm³/mol. The van der Waals surface area contributed by atoms with Gasteiger partial charge >= 0.3 is 0 Å². The van der Waals surface area contributed by atoms with Gasteiger partial charge in [-0.1, -0.05) is 6.07 Å². The first kappa shape index (κ1) is 21.8. The Morgan fingerprint density at radius 3 is 2.59 bits per heavy atom. The first-order valence-corrected chi connectivity index (χ1v) is 10.9. The Labute approximate surface area is 162 Å². The van der Waals surface area contributed by atoms with Crippen molar-refractivity contribution in [2.24, 2.45) is 5.73 Å². The molecule has 0 radical (unpaired) electrons. The van der Waals surface area contributed by atoms with Crippen LogP contribution >= 0.6 is 0 Å². The lowest BCUT2D eigenvalue weighted by Gasteiger charge is -2.32. The fourth-order valence-corrected chi connectivity index (χ4v) is 4.39. The molecule has 27 heavy (non-hydrogen) atoms. The second-order valence-corrected chi connectivity index (χ2v) is 9.14. The number of likely N-dealkylation sites (tertiary alicyclic amines) is 1. The van der Waals surface area contributed by atoms with Crippen molar-refractivity contribution >= 4 is 15.9 Å². The van der Waals surface area contributed by atoms with Gasteiger partial charge < -0.3 is 15.4 Å². The number of nitrogens with zero attached hydrogens (tertiary/aromatic N) is 2. The van der Waals surface area contributed by atoms with Gasteiger partial charge in [-0.3, -0.25) is 4.79 Å². The van der Waals surface area contributed by atoms with Crippen LogP contribution in [-0.4, -0.2) is 69.0 Å². The minimum absolute atomic E-state index is 0.139. The van der Waals surface area contributed by atoms with E-state index in [1.165, 1.54) is 16.4 Å². The topological polar surface area (TPSA) is 92.9 Å². The molecule has 0 unspecified atom stereocenters. The standard InChI is InChI=1S/C19H31N3O4S/c1-15(2)21(3)27(24,25)18-7-4-6-16(14-18)19(23)22-11-8-17(9-12-22)26-13-5-10-20/h4,6-7,14-15,17H,5,8-13,20H2,1-3H3. The minimum Gasteiger partial charge on any atom is -0.378 e. The number of rotatable bonds is 8. The lowest BCUT2D eigenvalue weighted by molar-refractivity contribution is 0.00844. The Morgan fingerprint density at radius 2 is 2.00 bits per heavy atom. The predicted octanol–water partition coefficient (Wildman–Crippen LogP) is 1.69. The van der Waals surface area contributed by atoms with Crippen molar-refractivity contribution in [3.63, 3.8) is 0 Å². The highest BCUT2D eigenvalue weighted by atomic mass is 32.2. The molecular weight excluding hydrogens is 366 g/mol. The third kappa shape index (κ3) is 5.51. The maximum atomic E-state index is 12.8. The average Bonchev–Trinajstić information content (AvgIpc) is 2.67. The number of nitrogens with two attached hydrogens (primary N) is 1. The van der Waals surface area contributed by atoms with Crippen molar-refractivity contribution in [2.75, 3.05) is 33.3 Å². The van der Waals surface area contributed by atoms with Crippen LogP contribution in [0.5, 0.6) is 0 Å². The van der Waals surface area contributed by atoms with Crippen molar-refractivity contribution in [2.45, 2.75) is 50.2 Å². The molecule has 0 saturated carbocycles. The molecule has 0 spiro atoms. The molecule has 7 nitrogen and oxygen atoms in total. The monoisotopic (exact) mass is 397 g/mol. The number of benzene rings is 1. The van der Waals surface area contributed by atoms with E-state index in [1.54, 1.807) is 24.1 Å². The molecule has 0 atom stereocenters. The summed E-state index contributed by atoms with van der Waals surface area (Å²) < 4.78 is 32.4. The fourth-order valence-electron chi connectivity index (χ4n) is 2.97. The quantitative estimate of drug-likeness (QED) is 0.674. The van der Waals surface area contributed by atoms with Gasteiger partial charge in [0.15, 0.2) is 0 Å². The molecule has 0 bridgehead atoms. The molecule has 8 heteroatoms. The molecule has 2 N–H and O–H groups in total. The summed E-state index contributed by atoms with van der Waals surface area (Å²) in [6.07, 6.45) is 2.56. The number of amides is 1. The van der Waals surface area contributed by atoms with Crippen LogP contribution in [0.1, 0.15) is 43.5 Å². The van der Waals surface area contributed by atoms with Crippen LogP contribution in [0.2, 0.25) is 0 Å². The van der Waals surface area contributed by atoms with E-state index in [9.17, 15) is 13.2 Å². The molecule has 2 rings (SSSR count). The summed E-state index contributed by atoms with van der Waals surface area (Å²) in [6.45, 7) is 6.10. The zero-order valence-electron chi connectivity index (χ0n) is 16.4. The van der Waals surface area contributed by atoms with E-state index in [0.717, 1.165) is 19.3 Å². The maximum Gasteiger partial charge on any atom is 0.253 e. The summed E-state index contributed by atoms with van der Waals surface area (Å²) >= 11 is 0. The van der Waals surface area contributed by atoms with Gasteiger partial charge in [0, 0.05) is 38.3 Å². The first-order valence-electron chi connectivity index (χ1n) is 9.46. The largest absolute Gasteiger partial charge is 0.378 e. The maximum absolute atomic E-state index is 12.8. The Kier molecular flexibility index (Phi) is 7.79. The number of hydrogen-bond donors (Lipinski definition) is 1. The number of carbonyl (C=O) groups is 1. The fraction of sp³-hybridized carbons (Fsp3) is 0.632. The Balaban J connectivity index is 2.04. The van der Waals surface area contributed by atoms with E-state index in [1.807, 2.05) is 13.8 Å². The number of piperidine rings is 1. The van der Waals surface area contributed by atoms with Crippen molar-refractivity contribution in [1.29, 1.82) is 0 Å². The molecule has 152 valence electrons. The van der Waals surface area contributed by atoms with Crippen LogP contribution in [0.4, 0.5) is 0 Å². The molecule has 1 aliphatic heterocycles. The molecule has 0 aromatic heterocycles. The number of carbonyl (C=O) groups excluding carboxylic acids is 1. The van der Waals surface area contributed by atoms with E-state index in [4.69, 9.17) is 10.5 Å². The molecule has 1 heterocycles. The van der Waals surface area contributed by atoms with E-state index >= 15 is 0 Å². The molecular formula is C19H31N3O4S. The summed E-state index contributed by atoms with van der Waals surface area (Å²) in [6, 6.07) is 6.13. The van der Waals surface area contributed by atoms with E-state index in [2.05, 4.69) is 0 Å². The molecule has 1 amide bonds. The van der Waals surface area contributed by atoms with Gasteiger partial charge in [0.25, 0.3) is 5.91 Å². The van der Waals surface area contributed by atoms with Crippen molar-refractivity contribution in [1.82, 2.24) is 9.21 Å². The van der Waals surface area contributed by atoms with Gasteiger partial charge in [0.05, 0.1) is 11.0 Å². The summed E-state index contributed by atoms with van der Waals surface area (Å²) in [4.78, 5) is 14.7. The number of hydrogen-bond acceptors (Lipinski definition) is 5. The molecule has 1 fully saturated rings. The zero-order valence-corrected chi connectivity index (χ0v) is 17.2. The van der Waals surface area contributed by atoms with E-state index < -0.39 is 10.0 Å². The normalized spacial score (nSPS) is 16.3. The third-order valence-electron chi connectivity index (χ3n) is 4.92. The van der Waals surface area contributed by atoms with Crippen molar-refractivity contribution in [3.8, 4) is 0 Å². The number of ether oxygens (including phenoxy) is 1. The SMILES string of the molecule is CC(C)N(C)S(=O)(=O)c1cccc(C(=O)N2CCC(OCCCN)CC2)c1. The highest BCUT2D eigenvalue weighted by Gasteiger charge is 2.27. The lowest BCUT2D eigenvalue weighted by atomic mass is 10.1. The van der Waals surface area contributed by atoms with Gasteiger partial charge in [-0.2, -0.15) is 4.31 Å². The summed E-state index contributed by atoms with van der Waals surface area (Å²) in [5.41, 5.74) is 5.87. The molecule has 1 saturated heterocycles. The number of sulfonamides is 1. The van der Waals surface area contributed by atoms with Gasteiger partial charge in [-0.25, -0.2) is 8.42 Å². The summed E-state index contributed by atoms with van der Waals surface area (Å²) in [7, 11) is -2.07. The average molecular weight is 398 g/mol. The molecule has 0 aliphatic carbocycles. The van der Waals surface area contributed by atoms with Crippen LogP contribution in [0.3, 0.4) is 0 Å². The van der Waals surface area contributed by atoms with Crippen molar-refractivity contribution in [3.05, 3.63) is 29.8 Å². The summed E-state index contributed by atoms with van der Waals surface area (Å²) in [5.74, 6) is -0.139. The van der Waals surface area contributed by atoms with E-state index in [-0.39, 0.29) is 22.9 Å². The summed E-state index contributed by atoms with van der Waals surface area (Å²) in [5, 5.41) is 0. The van der Waals surface area contributed by atoms with Gasteiger partial charge in [0.1, 0.15) is 0 Å². The van der Waals surface area contributed by atoms with Gasteiger partial charge in [-0.15, -0.1) is 0 Å². The highest BCUT2D eigenvalue weighted by molar-refractivity contribution is 7.89. The van der Waals surface area contributed by atoms with Crippen LogP contribution in [0.25, 0.3) is 0 Å². The first-order chi connectivity index (χ1) is 12.8. The molecule has 1 aromatic rings. The minimum atomic E-state index is -3.61. The smallest absolute Gasteiger partial charge is 0.253 e. The van der Waals surface area contributed by atoms with Crippen molar-refractivity contribution < 1.29 is 17.9 Å². The zero-order chi connectivity index (χ0) is 20.0. The second-order valence-electron chi connectivity index (χ2n) is 7.15. The Morgan fingerprint density at radius 1 is 1.33 bits per heavy atom. The van der Waals surface area contributed by atoms with Crippen LogP contribution < -0.4 is 5.73 Å². The molecule has 1 aliphatic rings. The Bertz CT molecular complexity index is 728. The highest BCUT2D eigenvalue weighted by Crippen LogP contribution is 2.21. The van der Waals surface area contributed by atoms with Gasteiger partial charge in [0.2, 0.25) is 10.0 Å². The van der Waals surface area contributed by atoms with Crippen LogP contribution in [-0.2, 0) is 14.8 Å². The van der Waals surface area contributed by atoms with E-state index in [0.29, 0.717) is 31.8 Å². The van der Waals surface area contributed by atoms with Crippen LogP contribution in [0, 0.1) is 0 Å². The molecule has 1 aromatic carbocycles. The van der Waals surface area contributed by atoms with Gasteiger partial charge in [-0.05, 0) is 57.9 Å². The third-order valence-corrected chi connectivity index (χ3v) is 6.95. The van der Waals surface area contributed by atoms with Crippen LogP contribution in [0.15, 0.2) is 29.2 Å². The second kappa shape index (κ2) is 9.64. The Hall–Kier alpha value is -1.48.